The topological polar surface area (TPSA) is 64.3 Å². The van der Waals surface area contributed by atoms with Gasteiger partial charge in [-0.1, -0.05) is 18.2 Å². The molecule has 0 aliphatic rings. The lowest BCUT2D eigenvalue weighted by molar-refractivity contribution is -0.108. The average molecular weight is 287 g/mol. The van der Waals surface area contributed by atoms with Crippen LogP contribution in [0.3, 0.4) is 0 Å². The van der Waals surface area contributed by atoms with E-state index in [0.717, 1.165) is 0 Å². The quantitative estimate of drug-likeness (QED) is 0.314. The van der Waals surface area contributed by atoms with E-state index in [9.17, 15) is 14.4 Å². The fourth-order valence-corrected chi connectivity index (χ4v) is 2.24. The third-order valence-corrected chi connectivity index (χ3v) is 3.20. The van der Waals surface area contributed by atoms with Gasteiger partial charge in [-0.2, -0.15) is 0 Å². The Labute approximate surface area is 117 Å². The molecule has 0 saturated carbocycles. The summed E-state index contributed by atoms with van der Waals surface area (Å²) >= 11 is 5.21. The van der Waals surface area contributed by atoms with Crippen LogP contribution < -0.4 is 5.43 Å². The third-order valence-electron chi connectivity index (χ3n) is 3.03. The molecule has 0 bridgehead atoms. The molecule has 1 aromatic heterocycles. The molecule has 2 aromatic carbocycles. The van der Waals surface area contributed by atoms with Gasteiger partial charge in [-0.3, -0.25) is 14.4 Å². The number of hydrogen-bond acceptors (Lipinski definition) is 4. The largest absolute Gasteiger partial charge is 0.456 e. The minimum Gasteiger partial charge on any atom is -0.456 e. The molecule has 0 aliphatic carbocycles. The molecule has 20 heavy (non-hydrogen) atoms. The number of benzene rings is 2. The van der Waals surface area contributed by atoms with E-state index in [1.807, 2.05) is 0 Å². The lowest BCUT2D eigenvalue weighted by atomic mass is 10.0. The van der Waals surface area contributed by atoms with E-state index in [2.05, 4.69) is 0 Å². The van der Waals surface area contributed by atoms with Gasteiger partial charge < -0.3 is 4.42 Å². The van der Waals surface area contributed by atoms with Crippen molar-refractivity contribution in [3.8, 4) is 0 Å². The van der Waals surface area contributed by atoms with E-state index in [1.165, 1.54) is 12.1 Å². The predicted octanol–water partition coefficient (Wildman–Crippen LogP) is 2.89. The van der Waals surface area contributed by atoms with Crippen molar-refractivity contribution in [3.63, 3.8) is 0 Å². The number of ketones is 1. The van der Waals surface area contributed by atoms with Crippen molar-refractivity contribution in [2.75, 3.05) is 0 Å². The lowest BCUT2D eigenvalue weighted by Crippen LogP contribution is -2.13. The third kappa shape index (κ3) is 1.82. The first-order valence-corrected chi connectivity index (χ1v) is 6.16. The summed E-state index contributed by atoms with van der Waals surface area (Å²) in [6.45, 7) is 0. The van der Waals surface area contributed by atoms with Gasteiger partial charge in [-0.05, 0) is 35.9 Å². The number of rotatable bonds is 2. The molecule has 4 nitrogen and oxygen atoms in total. The van der Waals surface area contributed by atoms with Gasteiger partial charge in [0.1, 0.15) is 11.2 Å². The standard InChI is InChI=1S/C15H7ClO4/c16-15(19)14(18)9-5-3-7-11-12(9)13(17)8-4-1-2-6-10(8)20-11/h1-7H. The lowest BCUT2D eigenvalue weighted by Gasteiger charge is -2.04. The van der Waals surface area contributed by atoms with E-state index in [-0.39, 0.29) is 22.0 Å². The second-order valence-electron chi connectivity index (χ2n) is 4.21. The molecule has 0 spiro atoms. The maximum Gasteiger partial charge on any atom is 0.293 e. The molecular weight excluding hydrogens is 280 g/mol. The highest BCUT2D eigenvalue weighted by Crippen LogP contribution is 2.21. The van der Waals surface area contributed by atoms with Crippen molar-refractivity contribution >= 4 is 44.6 Å². The van der Waals surface area contributed by atoms with Crippen molar-refractivity contribution in [1.29, 1.82) is 0 Å². The number of hydrogen-bond donors (Lipinski definition) is 0. The Hall–Kier alpha value is -2.46. The van der Waals surface area contributed by atoms with Gasteiger partial charge >= 0.3 is 0 Å². The van der Waals surface area contributed by atoms with Gasteiger partial charge in [-0.15, -0.1) is 0 Å². The Morgan fingerprint density at radius 3 is 2.40 bits per heavy atom. The van der Waals surface area contributed by atoms with Crippen LogP contribution >= 0.6 is 11.6 Å². The summed E-state index contributed by atoms with van der Waals surface area (Å²) in [5, 5.41) is -0.711. The summed E-state index contributed by atoms with van der Waals surface area (Å²) in [5.41, 5.74) is 0.273. The highest BCUT2D eigenvalue weighted by Gasteiger charge is 2.20. The molecule has 0 amide bonds. The fraction of sp³-hybridized carbons (Fsp3) is 0. The van der Waals surface area contributed by atoms with Crippen LogP contribution in [0.15, 0.2) is 51.7 Å². The highest BCUT2D eigenvalue weighted by molar-refractivity contribution is 6.83. The monoisotopic (exact) mass is 286 g/mol. The first-order valence-electron chi connectivity index (χ1n) is 5.78. The first-order chi connectivity index (χ1) is 9.59. The maximum absolute atomic E-state index is 12.5. The molecule has 0 N–H and O–H groups in total. The molecular formula is C15H7ClO4. The molecule has 1 heterocycles. The number of carbonyl (C=O) groups is 2. The molecule has 0 atom stereocenters. The van der Waals surface area contributed by atoms with Crippen molar-refractivity contribution in [3.05, 3.63) is 58.3 Å². The smallest absolute Gasteiger partial charge is 0.293 e. The summed E-state index contributed by atoms with van der Waals surface area (Å²) in [7, 11) is 0. The number of carbonyl (C=O) groups excluding carboxylic acids is 2. The molecule has 3 aromatic rings. The zero-order valence-corrected chi connectivity index (χ0v) is 10.8. The summed E-state index contributed by atoms with van der Waals surface area (Å²) in [6, 6.07) is 11.2. The molecule has 5 heteroatoms. The first kappa shape index (κ1) is 12.6. The molecule has 0 saturated heterocycles. The van der Waals surface area contributed by atoms with Gasteiger partial charge in [0.2, 0.25) is 11.2 Å². The maximum atomic E-state index is 12.5. The summed E-state index contributed by atoms with van der Waals surface area (Å²) in [6.07, 6.45) is 0. The Balaban J connectivity index is 2.51. The Morgan fingerprint density at radius 1 is 0.950 bits per heavy atom. The zero-order chi connectivity index (χ0) is 14.3. The van der Waals surface area contributed by atoms with Gasteiger partial charge in [-0.25, -0.2) is 0 Å². The number of Topliss-reactive ketones (excluding diaryl/α,β-unsaturated/α-hetero) is 1. The normalized spacial score (nSPS) is 10.8. The van der Waals surface area contributed by atoms with Crippen LogP contribution in [0, 0.1) is 0 Å². The van der Waals surface area contributed by atoms with Crippen molar-refractivity contribution in [2.45, 2.75) is 0 Å². The number of halogens is 1. The van der Waals surface area contributed by atoms with Crippen LogP contribution in [0.5, 0.6) is 0 Å². The second-order valence-corrected chi connectivity index (χ2v) is 4.55. The van der Waals surface area contributed by atoms with Gasteiger partial charge in [0.15, 0.2) is 0 Å². The van der Waals surface area contributed by atoms with E-state index in [0.29, 0.717) is 11.0 Å². The van der Waals surface area contributed by atoms with Gasteiger partial charge in [0.05, 0.1) is 10.8 Å². The van der Waals surface area contributed by atoms with Gasteiger partial charge in [0.25, 0.3) is 5.24 Å². The molecule has 0 radical (unpaired) electrons. The van der Waals surface area contributed by atoms with Crippen LogP contribution in [0.2, 0.25) is 0 Å². The van der Waals surface area contributed by atoms with E-state index in [4.69, 9.17) is 16.0 Å². The van der Waals surface area contributed by atoms with Crippen molar-refractivity contribution < 1.29 is 14.0 Å². The van der Waals surface area contributed by atoms with E-state index in [1.54, 1.807) is 30.3 Å². The Kier molecular flexibility index (Phi) is 2.88. The Bertz CT molecular complexity index is 924. The molecule has 0 fully saturated rings. The van der Waals surface area contributed by atoms with Crippen LogP contribution in [0.1, 0.15) is 10.4 Å². The second kappa shape index (κ2) is 4.58. The SMILES string of the molecule is O=C(Cl)C(=O)c1cccc2oc3ccccc3c(=O)c12. The molecule has 3 rings (SSSR count). The molecule has 98 valence electrons. The number of fused-ring (bicyclic) bond motifs is 2. The van der Waals surface area contributed by atoms with Crippen LogP contribution in [0.25, 0.3) is 21.9 Å². The Morgan fingerprint density at radius 2 is 1.65 bits per heavy atom. The fourth-order valence-electron chi connectivity index (χ4n) is 2.14. The van der Waals surface area contributed by atoms with E-state index < -0.39 is 11.0 Å². The van der Waals surface area contributed by atoms with E-state index >= 15 is 0 Å². The van der Waals surface area contributed by atoms with Crippen LogP contribution in [-0.4, -0.2) is 11.0 Å². The van der Waals surface area contributed by atoms with Crippen molar-refractivity contribution in [1.82, 2.24) is 0 Å². The van der Waals surface area contributed by atoms with Gasteiger partial charge in [0, 0.05) is 5.56 Å². The minimum atomic E-state index is -1.13. The van der Waals surface area contributed by atoms with Crippen LogP contribution in [0.4, 0.5) is 0 Å². The zero-order valence-electron chi connectivity index (χ0n) is 10.1. The summed E-state index contributed by atoms with van der Waals surface area (Å²) < 4.78 is 5.59. The summed E-state index contributed by atoms with van der Waals surface area (Å²) in [4.78, 5) is 35.3. The predicted molar refractivity (Wildman–Crippen MR) is 75.2 cm³/mol. The minimum absolute atomic E-state index is 0.0398. The van der Waals surface area contributed by atoms with Crippen LogP contribution in [-0.2, 0) is 4.79 Å². The molecule has 0 unspecified atom stereocenters. The van der Waals surface area contributed by atoms with Crippen molar-refractivity contribution in [2.24, 2.45) is 0 Å². The average Bonchev–Trinajstić information content (AvgIpc) is 2.46. The summed E-state index contributed by atoms with van der Waals surface area (Å²) in [5.74, 6) is -0.917. The molecule has 0 aliphatic heterocycles. The highest BCUT2D eigenvalue weighted by atomic mass is 35.5. The number of para-hydroxylation sites is 1.